The van der Waals surface area contributed by atoms with Crippen LogP contribution in [0.3, 0.4) is 0 Å². The predicted molar refractivity (Wildman–Crippen MR) is 134 cm³/mol. The van der Waals surface area contributed by atoms with Crippen molar-refractivity contribution in [2.24, 2.45) is 0 Å². The molecule has 36 heavy (non-hydrogen) atoms. The Morgan fingerprint density at radius 3 is 2.56 bits per heavy atom. The third kappa shape index (κ3) is 4.04. The lowest BCUT2D eigenvalue weighted by atomic mass is 9.75. The standard InChI is InChI=1S/C27H30N4O5/c1-15-17-10-11-19(35-13-16-8-6-5-7-9-16)21-20(17)18(12-28-21)22(32)23(27(15)14-29-24(33)31-27)30-25(34)36-26(2,3)4/h5-12,15,23,28H,13-14H2,1-4H3,(H,30,34)(H2,29,31,33)/t15-,23-,27-/m0/s1. The maximum atomic E-state index is 14.0. The fourth-order valence-corrected chi connectivity index (χ4v) is 5.16. The molecule has 9 heteroatoms. The van der Waals surface area contributed by atoms with E-state index in [2.05, 4.69) is 20.9 Å². The number of hydrogen-bond donors (Lipinski definition) is 4. The highest BCUT2D eigenvalue weighted by Crippen LogP contribution is 2.44. The first kappa shape index (κ1) is 23.7. The highest BCUT2D eigenvalue weighted by Gasteiger charge is 2.55. The summed E-state index contributed by atoms with van der Waals surface area (Å²) in [6.07, 6.45) is 0.921. The van der Waals surface area contributed by atoms with E-state index in [0.717, 1.165) is 16.5 Å². The molecule has 1 spiro atoms. The molecule has 1 saturated heterocycles. The number of carbonyl (C=O) groups is 3. The highest BCUT2D eigenvalue weighted by atomic mass is 16.6. The zero-order chi connectivity index (χ0) is 25.7. The van der Waals surface area contributed by atoms with Crippen LogP contribution in [-0.4, -0.2) is 46.6 Å². The molecular formula is C27H30N4O5. The number of alkyl carbamates (subject to hydrolysis) is 1. The predicted octanol–water partition coefficient (Wildman–Crippen LogP) is 3.99. The minimum Gasteiger partial charge on any atom is -0.487 e. The average Bonchev–Trinajstić information content (AvgIpc) is 3.43. The molecule has 0 radical (unpaired) electrons. The molecule has 2 heterocycles. The number of amides is 3. The molecule has 1 aliphatic heterocycles. The maximum absolute atomic E-state index is 14.0. The van der Waals surface area contributed by atoms with Crippen LogP contribution in [0.15, 0.2) is 48.7 Å². The Labute approximate surface area is 208 Å². The number of Topliss-reactive ketones (excluding diaryl/α,β-unsaturated/α-hetero) is 1. The van der Waals surface area contributed by atoms with E-state index in [1.807, 2.05) is 49.4 Å². The molecule has 3 amide bonds. The number of nitrogens with one attached hydrogen (secondary N) is 4. The first-order chi connectivity index (χ1) is 17.1. The van der Waals surface area contributed by atoms with Crippen molar-refractivity contribution < 1.29 is 23.9 Å². The number of ketones is 1. The largest absolute Gasteiger partial charge is 0.487 e. The topological polar surface area (TPSA) is 122 Å². The second-order valence-electron chi connectivity index (χ2n) is 10.4. The minimum atomic E-state index is -1.09. The van der Waals surface area contributed by atoms with Crippen LogP contribution in [0.4, 0.5) is 9.59 Å². The molecule has 3 atom stereocenters. The van der Waals surface area contributed by atoms with Gasteiger partial charge in [-0.3, -0.25) is 4.79 Å². The molecule has 0 bridgehead atoms. The average molecular weight is 491 g/mol. The summed E-state index contributed by atoms with van der Waals surface area (Å²) < 4.78 is 11.6. The quantitative estimate of drug-likeness (QED) is 0.441. The van der Waals surface area contributed by atoms with Gasteiger partial charge in [-0.2, -0.15) is 0 Å². The third-order valence-electron chi connectivity index (χ3n) is 6.90. The van der Waals surface area contributed by atoms with Crippen LogP contribution in [-0.2, 0) is 11.3 Å². The van der Waals surface area contributed by atoms with E-state index in [0.29, 0.717) is 23.4 Å². The van der Waals surface area contributed by atoms with E-state index >= 15 is 0 Å². The van der Waals surface area contributed by atoms with Crippen molar-refractivity contribution in [1.29, 1.82) is 0 Å². The van der Waals surface area contributed by atoms with E-state index < -0.39 is 29.3 Å². The number of benzene rings is 2. The first-order valence-electron chi connectivity index (χ1n) is 12.0. The number of ether oxygens (including phenoxy) is 2. The van der Waals surface area contributed by atoms with Gasteiger partial charge in [-0.15, -0.1) is 0 Å². The van der Waals surface area contributed by atoms with Crippen molar-refractivity contribution in [3.63, 3.8) is 0 Å². The molecule has 0 saturated carbocycles. The number of aromatic nitrogens is 1. The Kier molecular flexibility index (Phi) is 5.65. The van der Waals surface area contributed by atoms with Crippen molar-refractivity contribution in [3.8, 4) is 5.75 Å². The summed E-state index contributed by atoms with van der Waals surface area (Å²) in [4.78, 5) is 42.3. The monoisotopic (exact) mass is 490 g/mol. The second kappa shape index (κ2) is 8.58. The summed E-state index contributed by atoms with van der Waals surface area (Å²) in [6, 6.07) is 12.2. The van der Waals surface area contributed by atoms with Crippen LogP contribution in [0.5, 0.6) is 5.75 Å². The Morgan fingerprint density at radius 1 is 1.14 bits per heavy atom. The van der Waals surface area contributed by atoms with Gasteiger partial charge in [-0.25, -0.2) is 9.59 Å². The van der Waals surface area contributed by atoms with Crippen LogP contribution >= 0.6 is 0 Å². The summed E-state index contributed by atoms with van der Waals surface area (Å²) in [5, 5.41) is 9.23. The molecule has 0 unspecified atom stereocenters. The number of urea groups is 1. The Morgan fingerprint density at radius 2 is 1.89 bits per heavy atom. The normalized spacial score (nSPS) is 23.2. The van der Waals surface area contributed by atoms with Crippen molar-refractivity contribution >= 4 is 28.8 Å². The van der Waals surface area contributed by atoms with Gasteiger partial charge in [-0.05, 0) is 38.0 Å². The molecule has 9 nitrogen and oxygen atoms in total. The second-order valence-corrected chi connectivity index (χ2v) is 10.4. The Bertz CT molecular complexity index is 1340. The maximum Gasteiger partial charge on any atom is 0.408 e. The number of H-pyrrole nitrogens is 1. The van der Waals surface area contributed by atoms with E-state index in [9.17, 15) is 14.4 Å². The molecule has 5 rings (SSSR count). The van der Waals surface area contributed by atoms with Crippen LogP contribution in [0.1, 0.15) is 55.1 Å². The molecule has 4 N–H and O–H groups in total. The minimum absolute atomic E-state index is 0.168. The van der Waals surface area contributed by atoms with Gasteiger partial charge < -0.3 is 30.4 Å². The van der Waals surface area contributed by atoms with E-state index in [4.69, 9.17) is 9.47 Å². The van der Waals surface area contributed by atoms with Crippen molar-refractivity contribution in [2.75, 3.05) is 6.54 Å². The fourth-order valence-electron chi connectivity index (χ4n) is 5.16. The Balaban J connectivity index is 1.57. The van der Waals surface area contributed by atoms with Crippen LogP contribution in [0.2, 0.25) is 0 Å². The number of aromatic amines is 1. The summed E-state index contributed by atoms with van der Waals surface area (Å²) >= 11 is 0. The SMILES string of the molecule is C[C@H]1c2ccc(OCc3ccccc3)c3[nH]cc(c23)C(=O)[C@H](NC(=O)OC(C)(C)C)[C@]12CNC(=O)N2. The molecular weight excluding hydrogens is 460 g/mol. The van der Waals surface area contributed by atoms with Gasteiger partial charge in [0.2, 0.25) is 0 Å². The zero-order valence-electron chi connectivity index (χ0n) is 20.7. The molecule has 1 fully saturated rings. The Hall–Kier alpha value is -4.01. The van der Waals surface area contributed by atoms with Crippen molar-refractivity contribution in [1.82, 2.24) is 20.9 Å². The summed E-state index contributed by atoms with van der Waals surface area (Å²) in [5.74, 6) is -0.0324. The molecule has 1 aromatic heterocycles. The molecule has 1 aliphatic carbocycles. The summed E-state index contributed by atoms with van der Waals surface area (Å²) in [5.41, 5.74) is 1.19. The molecule has 2 aromatic carbocycles. The van der Waals surface area contributed by atoms with E-state index in [1.54, 1.807) is 27.0 Å². The number of carbonyl (C=O) groups excluding carboxylic acids is 3. The highest BCUT2D eigenvalue weighted by molar-refractivity contribution is 6.15. The van der Waals surface area contributed by atoms with Crippen molar-refractivity contribution in [3.05, 3.63) is 65.4 Å². The van der Waals surface area contributed by atoms with Crippen LogP contribution in [0.25, 0.3) is 10.9 Å². The lowest BCUT2D eigenvalue weighted by Gasteiger charge is -2.39. The lowest BCUT2D eigenvalue weighted by molar-refractivity contribution is 0.0450. The summed E-state index contributed by atoms with van der Waals surface area (Å²) in [7, 11) is 0. The van der Waals surface area contributed by atoms with E-state index in [-0.39, 0.29) is 18.2 Å². The summed E-state index contributed by atoms with van der Waals surface area (Å²) in [6.45, 7) is 7.75. The first-order valence-corrected chi connectivity index (χ1v) is 12.0. The smallest absolute Gasteiger partial charge is 0.408 e. The molecule has 2 aliphatic rings. The van der Waals surface area contributed by atoms with Gasteiger partial charge in [0.25, 0.3) is 0 Å². The van der Waals surface area contributed by atoms with E-state index in [1.165, 1.54) is 0 Å². The molecule has 3 aromatic rings. The fraction of sp³-hybridized carbons (Fsp3) is 0.370. The van der Waals surface area contributed by atoms with Crippen LogP contribution in [0, 0.1) is 0 Å². The van der Waals surface area contributed by atoms with Gasteiger partial charge >= 0.3 is 12.1 Å². The number of rotatable bonds is 4. The third-order valence-corrected chi connectivity index (χ3v) is 6.90. The van der Waals surface area contributed by atoms with Gasteiger partial charge in [-0.1, -0.05) is 43.3 Å². The van der Waals surface area contributed by atoms with Crippen LogP contribution < -0.4 is 20.7 Å². The lowest BCUT2D eigenvalue weighted by Crippen LogP contribution is -2.65. The van der Waals surface area contributed by atoms with Gasteiger partial charge in [0.05, 0.1) is 11.1 Å². The van der Waals surface area contributed by atoms with Crippen molar-refractivity contribution in [2.45, 2.75) is 57.4 Å². The number of hydrogen-bond acceptors (Lipinski definition) is 5. The zero-order valence-corrected chi connectivity index (χ0v) is 20.7. The molecule has 188 valence electrons. The van der Waals surface area contributed by atoms with Gasteiger partial charge in [0.1, 0.15) is 24.0 Å². The van der Waals surface area contributed by atoms with Gasteiger partial charge in [0, 0.05) is 29.6 Å². The van der Waals surface area contributed by atoms with Gasteiger partial charge in [0.15, 0.2) is 5.78 Å².